The zero-order valence-electron chi connectivity index (χ0n) is 14.4. The van der Waals surface area contributed by atoms with Crippen LogP contribution < -0.4 is 0 Å². The molecule has 0 atom stereocenters. The second-order valence-corrected chi connectivity index (χ2v) is 5.18. The molecule has 0 saturated carbocycles. The van der Waals surface area contributed by atoms with Gasteiger partial charge in [0.25, 0.3) is 0 Å². The van der Waals surface area contributed by atoms with Gasteiger partial charge in [-0.1, -0.05) is 0 Å². The molecule has 8 nitrogen and oxygen atoms in total. The standard InChI is InChI=1S/C17H19NO7/c1-5-23-16(20)13-9(2)14(18-10(13)3)17(21)24-8-11-6-7-12(25-11)15(19)22-4/h6-7,18H,5,8H2,1-4H3. The predicted octanol–water partition coefficient (Wildman–Crippen LogP) is 2.54. The van der Waals surface area contributed by atoms with E-state index in [-0.39, 0.29) is 24.7 Å². The molecule has 8 heteroatoms. The van der Waals surface area contributed by atoms with Gasteiger partial charge in [0.2, 0.25) is 5.76 Å². The fourth-order valence-corrected chi connectivity index (χ4v) is 2.34. The number of furan rings is 1. The van der Waals surface area contributed by atoms with Crippen molar-refractivity contribution in [3.05, 3.63) is 46.2 Å². The minimum Gasteiger partial charge on any atom is -0.463 e. The number of hydrogen-bond donors (Lipinski definition) is 1. The van der Waals surface area contributed by atoms with Gasteiger partial charge in [0.15, 0.2) is 0 Å². The van der Waals surface area contributed by atoms with Crippen LogP contribution in [-0.4, -0.2) is 36.6 Å². The fourth-order valence-electron chi connectivity index (χ4n) is 2.34. The molecule has 0 saturated heterocycles. The first-order chi connectivity index (χ1) is 11.9. The van der Waals surface area contributed by atoms with E-state index in [4.69, 9.17) is 13.9 Å². The number of esters is 3. The molecule has 0 unspecified atom stereocenters. The number of nitrogens with one attached hydrogen (secondary N) is 1. The molecule has 25 heavy (non-hydrogen) atoms. The molecule has 2 rings (SSSR count). The Labute approximate surface area is 144 Å². The van der Waals surface area contributed by atoms with E-state index in [1.54, 1.807) is 20.8 Å². The van der Waals surface area contributed by atoms with E-state index in [0.29, 0.717) is 22.6 Å². The molecule has 0 aliphatic carbocycles. The number of aryl methyl sites for hydroxylation is 1. The van der Waals surface area contributed by atoms with Gasteiger partial charge >= 0.3 is 17.9 Å². The largest absolute Gasteiger partial charge is 0.463 e. The maximum atomic E-state index is 12.2. The van der Waals surface area contributed by atoms with E-state index in [2.05, 4.69) is 9.72 Å². The first kappa shape index (κ1) is 18.3. The van der Waals surface area contributed by atoms with Gasteiger partial charge in [0, 0.05) is 5.69 Å². The summed E-state index contributed by atoms with van der Waals surface area (Å²) in [5.74, 6) is -1.45. The third-order valence-corrected chi connectivity index (χ3v) is 3.51. The Kier molecular flexibility index (Phi) is 5.63. The van der Waals surface area contributed by atoms with Crippen molar-refractivity contribution in [1.82, 2.24) is 4.98 Å². The molecule has 0 fully saturated rings. The average molecular weight is 349 g/mol. The molecule has 0 aromatic carbocycles. The molecule has 0 radical (unpaired) electrons. The van der Waals surface area contributed by atoms with Crippen LogP contribution in [0.3, 0.4) is 0 Å². The monoisotopic (exact) mass is 349 g/mol. The smallest absolute Gasteiger partial charge is 0.373 e. The van der Waals surface area contributed by atoms with E-state index in [1.807, 2.05) is 0 Å². The quantitative estimate of drug-likeness (QED) is 0.630. The molecule has 0 spiro atoms. The summed E-state index contributed by atoms with van der Waals surface area (Å²) >= 11 is 0. The van der Waals surface area contributed by atoms with E-state index in [9.17, 15) is 14.4 Å². The summed E-state index contributed by atoms with van der Waals surface area (Å²) in [4.78, 5) is 38.3. The number of aromatic amines is 1. The lowest BCUT2D eigenvalue weighted by Gasteiger charge is -2.04. The third kappa shape index (κ3) is 3.90. The van der Waals surface area contributed by atoms with Gasteiger partial charge in [0.05, 0.1) is 19.3 Å². The maximum absolute atomic E-state index is 12.2. The number of carbonyl (C=O) groups excluding carboxylic acids is 3. The van der Waals surface area contributed by atoms with Crippen molar-refractivity contribution >= 4 is 17.9 Å². The van der Waals surface area contributed by atoms with Gasteiger partial charge in [-0.3, -0.25) is 0 Å². The van der Waals surface area contributed by atoms with Gasteiger partial charge in [-0.25, -0.2) is 14.4 Å². The molecule has 2 aromatic rings. The van der Waals surface area contributed by atoms with E-state index < -0.39 is 17.9 Å². The van der Waals surface area contributed by atoms with E-state index >= 15 is 0 Å². The van der Waals surface area contributed by atoms with Gasteiger partial charge < -0.3 is 23.6 Å². The zero-order chi connectivity index (χ0) is 18.6. The molecule has 0 amide bonds. The lowest BCUT2D eigenvalue weighted by atomic mass is 10.1. The lowest BCUT2D eigenvalue weighted by Crippen LogP contribution is -2.09. The van der Waals surface area contributed by atoms with Crippen molar-refractivity contribution in [3.8, 4) is 0 Å². The van der Waals surface area contributed by atoms with Gasteiger partial charge in [-0.15, -0.1) is 0 Å². The summed E-state index contributed by atoms with van der Waals surface area (Å²) in [5.41, 5.74) is 1.46. The zero-order valence-corrected chi connectivity index (χ0v) is 14.4. The minimum atomic E-state index is -0.646. The number of rotatable bonds is 6. The van der Waals surface area contributed by atoms with Gasteiger partial charge in [-0.05, 0) is 38.5 Å². The molecule has 134 valence electrons. The Hall–Kier alpha value is -3.03. The number of carbonyl (C=O) groups is 3. The van der Waals surface area contributed by atoms with Crippen LogP contribution in [0.15, 0.2) is 16.5 Å². The van der Waals surface area contributed by atoms with Crippen LogP contribution >= 0.6 is 0 Å². The van der Waals surface area contributed by atoms with Gasteiger partial charge in [0.1, 0.15) is 18.1 Å². The van der Waals surface area contributed by atoms with Crippen molar-refractivity contribution in [1.29, 1.82) is 0 Å². The SMILES string of the molecule is CCOC(=O)c1c(C)[nH]c(C(=O)OCc2ccc(C(=O)OC)o2)c1C. The lowest BCUT2D eigenvalue weighted by molar-refractivity contribution is 0.0431. The number of ether oxygens (including phenoxy) is 3. The van der Waals surface area contributed by atoms with Crippen LogP contribution in [0, 0.1) is 13.8 Å². The molecule has 2 aromatic heterocycles. The van der Waals surface area contributed by atoms with Crippen molar-refractivity contribution in [2.24, 2.45) is 0 Å². The third-order valence-electron chi connectivity index (χ3n) is 3.51. The van der Waals surface area contributed by atoms with Crippen LogP contribution in [-0.2, 0) is 20.8 Å². The highest BCUT2D eigenvalue weighted by Crippen LogP contribution is 2.20. The summed E-state index contributed by atoms with van der Waals surface area (Å²) in [6.45, 7) is 5.09. The summed E-state index contributed by atoms with van der Waals surface area (Å²) < 4.78 is 19.9. The van der Waals surface area contributed by atoms with Crippen molar-refractivity contribution < 1.29 is 33.0 Å². The highest BCUT2D eigenvalue weighted by atomic mass is 16.6. The Balaban J connectivity index is 2.09. The summed E-state index contributed by atoms with van der Waals surface area (Å²) in [7, 11) is 1.24. The Morgan fingerprint density at radius 1 is 1.08 bits per heavy atom. The topological polar surface area (TPSA) is 108 Å². The number of H-pyrrole nitrogens is 1. The Morgan fingerprint density at radius 3 is 2.44 bits per heavy atom. The molecule has 0 aliphatic heterocycles. The summed E-state index contributed by atoms with van der Waals surface area (Å²) in [6, 6.07) is 2.94. The minimum absolute atomic E-state index is 0.0186. The molecular formula is C17H19NO7. The van der Waals surface area contributed by atoms with Gasteiger partial charge in [-0.2, -0.15) is 0 Å². The number of methoxy groups -OCH3 is 1. The molecule has 2 heterocycles. The van der Waals surface area contributed by atoms with Crippen molar-refractivity contribution in [2.45, 2.75) is 27.4 Å². The van der Waals surface area contributed by atoms with Crippen LogP contribution in [0.25, 0.3) is 0 Å². The van der Waals surface area contributed by atoms with Crippen LogP contribution in [0.4, 0.5) is 0 Å². The fraction of sp³-hybridized carbons (Fsp3) is 0.353. The first-order valence-corrected chi connectivity index (χ1v) is 7.59. The highest BCUT2D eigenvalue weighted by molar-refractivity contribution is 5.98. The second-order valence-electron chi connectivity index (χ2n) is 5.18. The summed E-state index contributed by atoms with van der Waals surface area (Å²) in [5, 5.41) is 0. The number of hydrogen-bond acceptors (Lipinski definition) is 7. The Bertz CT molecular complexity index is 800. The van der Waals surface area contributed by atoms with Crippen molar-refractivity contribution in [3.63, 3.8) is 0 Å². The van der Waals surface area contributed by atoms with Crippen LogP contribution in [0.5, 0.6) is 0 Å². The second kappa shape index (κ2) is 7.69. The molecule has 0 bridgehead atoms. The first-order valence-electron chi connectivity index (χ1n) is 7.59. The summed E-state index contributed by atoms with van der Waals surface area (Å²) in [6.07, 6.45) is 0. The number of aromatic nitrogens is 1. The van der Waals surface area contributed by atoms with E-state index in [0.717, 1.165) is 0 Å². The van der Waals surface area contributed by atoms with E-state index in [1.165, 1.54) is 19.2 Å². The molecule has 0 aliphatic rings. The predicted molar refractivity (Wildman–Crippen MR) is 85.4 cm³/mol. The average Bonchev–Trinajstić information content (AvgIpc) is 3.16. The van der Waals surface area contributed by atoms with Crippen molar-refractivity contribution in [2.75, 3.05) is 13.7 Å². The molecule has 1 N–H and O–H groups in total. The maximum Gasteiger partial charge on any atom is 0.373 e. The Morgan fingerprint density at radius 2 is 1.80 bits per heavy atom. The molecular weight excluding hydrogens is 330 g/mol. The normalized spacial score (nSPS) is 10.4. The van der Waals surface area contributed by atoms with Crippen LogP contribution in [0.1, 0.15) is 55.3 Å². The van der Waals surface area contributed by atoms with Crippen LogP contribution in [0.2, 0.25) is 0 Å². The highest BCUT2D eigenvalue weighted by Gasteiger charge is 2.24.